The first-order valence-corrected chi connectivity index (χ1v) is 7.67. The maximum atomic E-state index is 12.3. The van der Waals surface area contributed by atoms with Crippen LogP contribution in [0.3, 0.4) is 0 Å². The van der Waals surface area contributed by atoms with Crippen LogP contribution in [0.5, 0.6) is 11.5 Å². The normalized spacial score (nSPS) is 13.0. The lowest BCUT2D eigenvalue weighted by Crippen LogP contribution is -2.41. The van der Waals surface area contributed by atoms with Gasteiger partial charge in [0.2, 0.25) is 5.91 Å². The summed E-state index contributed by atoms with van der Waals surface area (Å²) in [4.78, 5) is 35.8. The molecule has 0 saturated carbocycles. The van der Waals surface area contributed by atoms with Crippen LogP contribution >= 0.6 is 0 Å². The lowest BCUT2D eigenvalue weighted by Gasteiger charge is -2.29. The fraction of sp³-hybridized carbons (Fsp3) is 0.176. The summed E-state index contributed by atoms with van der Waals surface area (Å²) >= 11 is 0. The van der Waals surface area contributed by atoms with Gasteiger partial charge in [0.1, 0.15) is 12.3 Å². The molecular formula is C17H15N3O6. The van der Waals surface area contributed by atoms with Crippen molar-refractivity contribution in [3.63, 3.8) is 0 Å². The van der Waals surface area contributed by atoms with Gasteiger partial charge >= 0.3 is 5.97 Å². The second-order valence-electron chi connectivity index (χ2n) is 5.79. The summed E-state index contributed by atoms with van der Waals surface area (Å²) in [6.45, 7) is 1.45. The van der Waals surface area contributed by atoms with Gasteiger partial charge in [-0.2, -0.15) is 0 Å². The average Bonchev–Trinajstić information content (AvgIpc) is 2.56. The molecule has 0 spiro atoms. The second-order valence-corrected chi connectivity index (χ2v) is 5.79. The number of hydrogen-bond acceptors (Lipinski definition) is 7. The number of phenols is 1. The van der Waals surface area contributed by atoms with Gasteiger partial charge in [0.15, 0.2) is 5.75 Å². The van der Waals surface area contributed by atoms with Crippen LogP contribution in [-0.4, -0.2) is 35.0 Å². The van der Waals surface area contributed by atoms with E-state index >= 15 is 0 Å². The van der Waals surface area contributed by atoms with Crippen LogP contribution in [0.15, 0.2) is 36.4 Å². The third kappa shape index (κ3) is 3.56. The average molecular weight is 357 g/mol. The Hall–Kier alpha value is -3.62. The molecule has 1 amide bonds. The molecule has 1 heterocycles. The van der Waals surface area contributed by atoms with Crippen LogP contribution in [0.1, 0.15) is 5.56 Å². The fourth-order valence-corrected chi connectivity index (χ4v) is 2.65. The molecule has 0 radical (unpaired) electrons. The van der Waals surface area contributed by atoms with E-state index in [-0.39, 0.29) is 36.2 Å². The molecule has 134 valence electrons. The summed E-state index contributed by atoms with van der Waals surface area (Å²) in [5, 5.41) is 23.0. The van der Waals surface area contributed by atoms with Crippen molar-refractivity contribution in [3.8, 4) is 11.5 Å². The van der Waals surface area contributed by atoms with Crippen molar-refractivity contribution in [2.45, 2.75) is 6.92 Å². The number of nitro groups is 1. The van der Waals surface area contributed by atoms with Gasteiger partial charge in [0.25, 0.3) is 5.69 Å². The van der Waals surface area contributed by atoms with E-state index in [4.69, 9.17) is 4.74 Å². The molecule has 0 aliphatic carbocycles. The van der Waals surface area contributed by atoms with E-state index in [2.05, 4.69) is 5.32 Å². The highest BCUT2D eigenvalue weighted by molar-refractivity contribution is 5.97. The highest BCUT2D eigenvalue weighted by Gasteiger charge is 2.27. The van der Waals surface area contributed by atoms with Gasteiger partial charge < -0.3 is 20.1 Å². The van der Waals surface area contributed by atoms with Crippen molar-refractivity contribution in [2.24, 2.45) is 0 Å². The van der Waals surface area contributed by atoms with Crippen LogP contribution in [0, 0.1) is 17.0 Å². The number of carbonyl (C=O) groups excluding carboxylic acids is 2. The minimum absolute atomic E-state index is 0.0454. The second kappa shape index (κ2) is 6.71. The van der Waals surface area contributed by atoms with Gasteiger partial charge in [0.05, 0.1) is 23.2 Å². The van der Waals surface area contributed by atoms with E-state index in [1.165, 1.54) is 29.2 Å². The van der Waals surface area contributed by atoms with Crippen molar-refractivity contribution >= 4 is 28.9 Å². The molecule has 0 aromatic heterocycles. The third-order valence-electron chi connectivity index (χ3n) is 3.86. The van der Waals surface area contributed by atoms with Gasteiger partial charge in [-0.25, -0.2) is 4.79 Å². The quantitative estimate of drug-likeness (QED) is 0.282. The first-order chi connectivity index (χ1) is 12.3. The van der Waals surface area contributed by atoms with Crippen molar-refractivity contribution in [3.05, 3.63) is 52.1 Å². The number of amides is 1. The van der Waals surface area contributed by atoms with Crippen LogP contribution in [0.4, 0.5) is 17.1 Å². The smallest absolute Gasteiger partial charge is 0.331 e. The lowest BCUT2D eigenvalue weighted by molar-refractivity contribution is -0.384. The Morgan fingerprint density at radius 1 is 1.35 bits per heavy atom. The molecule has 0 saturated heterocycles. The standard InChI is InChI=1S/C17H15N3O6/c1-10-6-12(21)3-4-13(10)18-16(22)8-19-9-17(23)26-15-7-11(20(24)25)2-5-14(15)19/h2-7,21H,8-9H2,1H3,(H,18,22). The topological polar surface area (TPSA) is 122 Å². The van der Waals surface area contributed by atoms with E-state index in [1.54, 1.807) is 13.0 Å². The lowest BCUT2D eigenvalue weighted by atomic mass is 10.2. The largest absolute Gasteiger partial charge is 0.508 e. The van der Waals surface area contributed by atoms with Crippen molar-refractivity contribution in [2.75, 3.05) is 23.3 Å². The monoisotopic (exact) mass is 357 g/mol. The van der Waals surface area contributed by atoms with Crippen molar-refractivity contribution in [1.82, 2.24) is 0 Å². The molecule has 9 heteroatoms. The van der Waals surface area contributed by atoms with Gasteiger partial charge in [-0.3, -0.25) is 14.9 Å². The molecule has 9 nitrogen and oxygen atoms in total. The minimum Gasteiger partial charge on any atom is -0.508 e. The van der Waals surface area contributed by atoms with Gasteiger partial charge in [0, 0.05) is 11.8 Å². The van der Waals surface area contributed by atoms with E-state index in [1.807, 2.05) is 0 Å². The molecule has 0 bridgehead atoms. The number of rotatable bonds is 4. The molecule has 0 atom stereocenters. The van der Waals surface area contributed by atoms with E-state index in [9.17, 15) is 24.8 Å². The molecule has 1 aliphatic heterocycles. The van der Waals surface area contributed by atoms with E-state index in [0.29, 0.717) is 16.9 Å². The van der Waals surface area contributed by atoms with E-state index < -0.39 is 10.9 Å². The number of non-ortho nitro benzene ring substituents is 1. The summed E-state index contributed by atoms with van der Waals surface area (Å²) in [6.07, 6.45) is 0. The van der Waals surface area contributed by atoms with Crippen LogP contribution in [0.25, 0.3) is 0 Å². The van der Waals surface area contributed by atoms with Gasteiger partial charge in [-0.1, -0.05) is 0 Å². The number of fused-ring (bicyclic) bond motifs is 1. The van der Waals surface area contributed by atoms with E-state index in [0.717, 1.165) is 6.07 Å². The Morgan fingerprint density at radius 3 is 2.81 bits per heavy atom. The summed E-state index contributed by atoms with van der Waals surface area (Å²) in [7, 11) is 0. The number of ether oxygens (including phenoxy) is 1. The summed E-state index contributed by atoms with van der Waals surface area (Å²) in [6, 6.07) is 8.43. The Kier molecular flexibility index (Phi) is 4.44. The molecular weight excluding hydrogens is 342 g/mol. The first kappa shape index (κ1) is 17.2. The number of hydrogen-bond donors (Lipinski definition) is 2. The number of aryl methyl sites for hydroxylation is 1. The zero-order valence-electron chi connectivity index (χ0n) is 13.8. The van der Waals surface area contributed by atoms with Crippen LogP contribution < -0.4 is 15.0 Å². The molecule has 1 aliphatic rings. The van der Waals surface area contributed by atoms with Crippen molar-refractivity contribution in [1.29, 1.82) is 0 Å². The summed E-state index contributed by atoms with van der Waals surface area (Å²) < 4.78 is 5.04. The molecule has 3 rings (SSSR count). The highest BCUT2D eigenvalue weighted by atomic mass is 16.6. The molecule has 0 fully saturated rings. The molecule has 2 N–H and O–H groups in total. The fourth-order valence-electron chi connectivity index (χ4n) is 2.65. The Labute approximate surface area is 148 Å². The summed E-state index contributed by atoms with van der Waals surface area (Å²) in [5.74, 6) is -0.844. The number of carbonyl (C=O) groups is 2. The molecule has 2 aromatic rings. The Bertz CT molecular complexity index is 911. The van der Waals surface area contributed by atoms with Crippen molar-refractivity contribution < 1.29 is 24.4 Å². The maximum absolute atomic E-state index is 12.3. The number of nitro benzene ring substituents is 1. The summed E-state index contributed by atoms with van der Waals surface area (Å²) in [5.41, 5.74) is 1.44. The first-order valence-electron chi connectivity index (χ1n) is 7.67. The Morgan fingerprint density at radius 2 is 2.12 bits per heavy atom. The predicted octanol–water partition coefficient (Wildman–Crippen LogP) is 1.97. The number of nitrogens with zero attached hydrogens (tertiary/aromatic N) is 2. The Balaban J connectivity index is 1.78. The zero-order valence-corrected chi connectivity index (χ0v) is 13.8. The van der Waals surface area contributed by atoms with Gasteiger partial charge in [-0.05, 0) is 36.8 Å². The van der Waals surface area contributed by atoms with Crippen LogP contribution in [0.2, 0.25) is 0 Å². The number of benzene rings is 2. The van der Waals surface area contributed by atoms with Crippen LogP contribution in [-0.2, 0) is 9.59 Å². The molecule has 0 unspecified atom stereocenters. The number of phenolic OH excluding ortho intramolecular Hbond substituents is 1. The maximum Gasteiger partial charge on any atom is 0.331 e. The number of nitrogens with one attached hydrogen (secondary N) is 1. The number of anilines is 2. The minimum atomic E-state index is -0.605. The van der Waals surface area contributed by atoms with Gasteiger partial charge in [-0.15, -0.1) is 0 Å². The molecule has 2 aromatic carbocycles. The number of aromatic hydroxyl groups is 1. The predicted molar refractivity (Wildman–Crippen MR) is 92.4 cm³/mol. The third-order valence-corrected chi connectivity index (χ3v) is 3.86. The SMILES string of the molecule is Cc1cc(O)ccc1NC(=O)CN1CC(=O)Oc2cc([N+](=O)[O-])ccc21. The highest BCUT2D eigenvalue weighted by Crippen LogP contribution is 2.35. The number of esters is 1. The molecule has 26 heavy (non-hydrogen) atoms. The zero-order chi connectivity index (χ0) is 18.8.